The molecule has 0 aliphatic carbocycles. The molecule has 10 heteroatoms. The lowest BCUT2D eigenvalue weighted by molar-refractivity contribution is -0.137. The van der Waals surface area contributed by atoms with Gasteiger partial charge in [0.25, 0.3) is 5.56 Å². The Labute approximate surface area is 239 Å². The van der Waals surface area contributed by atoms with Crippen molar-refractivity contribution in [3.63, 3.8) is 0 Å². The molecule has 1 aromatic heterocycles. The molecule has 0 amide bonds. The van der Waals surface area contributed by atoms with Crippen LogP contribution in [0.2, 0.25) is 0 Å². The van der Waals surface area contributed by atoms with E-state index in [9.17, 15) is 23.2 Å². The fourth-order valence-electron chi connectivity index (χ4n) is 4.32. The Hall–Kier alpha value is -5.43. The van der Waals surface area contributed by atoms with Crippen LogP contribution < -0.4 is 15.2 Å². The molecule has 0 saturated heterocycles. The zero-order valence-electron chi connectivity index (χ0n) is 22.6. The highest BCUT2D eigenvalue weighted by atomic mass is 19.4. The molecule has 4 aromatic carbocycles. The number of halogens is 3. The first-order valence-corrected chi connectivity index (χ1v) is 12.8. The molecule has 0 bridgehead atoms. The van der Waals surface area contributed by atoms with E-state index >= 15 is 0 Å². The number of hydrogen-bond donors (Lipinski definition) is 0. The number of hydrogen-bond acceptors (Lipinski definition) is 6. The van der Waals surface area contributed by atoms with Gasteiger partial charge in [0.05, 0.1) is 34.3 Å². The number of anilines is 1. The topological polar surface area (TPSA) is 83.5 Å². The Morgan fingerprint density at radius 2 is 1.76 bits per heavy atom. The van der Waals surface area contributed by atoms with Gasteiger partial charge < -0.3 is 9.64 Å². The van der Waals surface area contributed by atoms with Gasteiger partial charge in [0.1, 0.15) is 12.4 Å². The van der Waals surface area contributed by atoms with Crippen molar-refractivity contribution in [3.8, 4) is 23.2 Å². The summed E-state index contributed by atoms with van der Waals surface area (Å²) in [5.41, 5.74) is 1.52. The van der Waals surface area contributed by atoms with E-state index in [4.69, 9.17) is 4.74 Å². The van der Waals surface area contributed by atoms with Crippen molar-refractivity contribution in [2.75, 3.05) is 19.0 Å². The second-order valence-electron chi connectivity index (χ2n) is 9.57. The average Bonchev–Trinajstić information content (AvgIpc) is 2.99. The van der Waals surface area contributed by atoms with E-state index in [-0.39, 0.29) is 23.4 Å². The SMILES string of the molecule is CN(C)c1ccc(C=Nn2c(-c3cccc(C(F)(F)F)c3)nc3ccccc3c2=O)c(OCc2ccccc2C#N)c1. The molecule has 7 nitrogen and oxygen atoms in total. The monoisotopic (exact) mass is 567 g/mol. The molecule has 210 valence electrons. The van der Waals surface area contributed by atoms with E-state index in [2.05, 4.69) is 16.2 Å². The summed E-state index contributed by atoms with van der Waals surface area (Å²) in [4.78, 5) is 20.0. The third-order valence-electron chi connectivity index (χ3n) is 6.55. The van der Waals surface area contributed by atoms with Gasteiger partial charge in [0.2, 0.25) is 0 Å². The van der Waals surface area contributed by atoms with Crippen LogP contribution in [-0.4, -0.2) is 30.0 Å². The van der Waals surface area contributed by atoms with Crippen LogP contribution in [0, 0.1) is 11.3 Å². The quantitative estimate of drug-likeness (QED) is 0.210. The van der Waals surface area contributed by atoms with Gasteiger partial charge in [0.15, 0.2) is 5.82 Å². The number of alkyl halides is 3. The first-order chi connectivity index (χ1) is 20.2. The van der Waals surface area contributed by atoms with E-state index < -0.39 is 17.3 Å². The maximum atomic E-state index is 13.6. The van der Waals surface area contributed by atoms with Gasteiger partial charge in [-0.2, -0.15) is 28.2 Å². The molecular formula is C32H24F3N5O2. The minimum atomic E-state index is -4.58. The van der Waals surface area contributed by atoms with E-state index in [1.165, 1.54) is 18.3 Å². The summed E-state index contributed by atoms with van der Waals surface area (Å²) >= 11 is 0. The van der Waals surface area contributed by atoms with Crippen LogP contribution in [0.5, 0.6) is 5.75 Å². The highest BCUT2D eigenvalue weighted by Crippen LogP contribution is 2.32. The molecule has 0 aliphatic heterocycles. The van der Waals surface area contributed by atoms with Crippen molar-refractivity contribution in [3.05, 3.63) is 124 Å². The van der Waals surface area contributed by atoms with Gasteiger partial charge in [-0.3, -0.25) is 4.79 Å². The van der Waals surface area contributed by atoms with Crippen LogP contribution in [0.3, 0.4) is 0 Å². The molecular weight excluding hydrogens is 543 g/mol. The lowest BCUT2D eigenvalue weighted by Gasteiger charge is -2.16. The van der Waals surface area contributed by atoms with Crippen LogP contribution in [0.1, 0.15) is 22.3 Å². The molecule has 0 atom stereocenters. The lowest BCUT2D eigenvalue weighted by Crippen LogP contribution is -2.20. The third-order valence-corrected chi connectivity index (χ3v) is 6.55. The molecule has 0 spiro atoms. The Morgan fingerprint density at radius 3 is 2.52 bits per heavy atom. The molecule has 0 saturated carbocycles. The van der Waals surface area contributed by atoms with Crippen molar-refractivity contribution in [2.45, 2.75) is 12.8 Å². The van der Waals surface area contributed by atoms with Gasteiger partial charge in [0, 0.05) is 42.5 Å². The smallest absolute Gasteiger partial charge is 0.416 e. The standard InChI is InChI=1S/C32H24F3N5O2/c1-39(2)26-15-14-23(29(17-26)42-20-24-9-4-3-8-22(24)18-36)19-37-40-30(21-10-7-11-25(16-21)32(33,34)35)38-28-13-6-5-12-27(28)31(40)41/h3-17,19H,20H2,1-2H3. The summed E-state index contributed by atoms with van der Waals surface area (Å²) in [6, 6.07) is 25.8. The molecule has 1 heterocycles. The Morgan fingerprint density at radius 1 is 1.00 bits per heavy atom. The number of nitriles is 1. The largest absolute Gasteiger partial charge is 0.488 e. The number of aromatic nitrogens is 2. The summed E-state index contributed by atoms with van der Waals surface area (Å²) in [5, 5.41) is 14.1. The van der Waals surface area contributed by atoms with Crippen molar-refractivity contribution >= 4 is 22.8 Å². The molecule has 5 aromatic rings. The van der Waals surface area contributed by atoms with Crippen molar-refractivity contribution in [1.82, 2.24) is 9.66 Å². The molecule has 5 rings (SSSR count). The Bertz CT molecular complexity index is 1910. The Balaban J connectivity index is 1.62. The number of nitrogens with zero attached hydrogens (tertiary/aromatic N) is 5. The van der Waals surface area contributed by atoms with Gasteiger partial charge in [-0.1, -0.05) is 42.5 Å². The number of ether oxygens (including phenoxy) is 1. The minimum Gasteiger partial charge on any atom is -0.488 e. The summed E-state index contributed by atoms with van der Waals surface area (Å²) in [7, 11) is 3.75. The van der Waals surface area contributed by atoms with Gasteiger partial charge in [-0.05, 0) is 42.5 Å². The number of fused-ring (bicyclic) bond motifs is 1. The van der Waals surface area contributed by atoms with Crippen LogP contribution in [0.4, 0.5) is 18.9 Å². The first-order valence-electron chi connectivity index (χ1n) is 12.8. The minimum absolute atomic E-state index is 0.0450. The molecule has 0 N–H and O–H groups in total. The van der Waals surface area contributed by atoms with Crippen molar-refractivity contribution in [2.24, 2.45) is 5.10 Å². The van der Waals surface area contributed by atoms with Crippen LogP contribution in [0.25, 0.3) is 22.3 Å². The summed E-state index contributed by atoms with van der Waals surface area (Å²) in [6.07, 6.45) is -3.17. The lowest BCUT2D eigenvalue weighted by atomic mass is 10.1. The summed E-state index contributed by atoms with van der Waals surface area (Å²) in [5.74, 6) is 0.386. The second-order valence-corrected chi connectivity index (χ2v) is 9.57. The zero-order valence-corrected chi connectivity index (χ0v) is 22.6. The third kappa shape index (κ3) is 5.86. The fraction of sp³-hybridized carbons (Fsp3) is 0.125. The average molecular weight is 568 g/mol. The molecule has 42 heavy (non-hydrogen) atoms. The van der Waals surface area contributed by atoms with Crippen molar-refractivity contribution in [1.29, 1.82) is 5.26 Å². The number of rotatable bonds is 7. The van der Waals surface area contributed by atoms with Gasteiger partial charge in [-0.15, -0.1) is 0 Å². The fourth-order valence-corrected chi connectivity index (χ4v) is 4.32. The zero-order chi connectivity index (χ0) is 29.9. The van der Waals surface area contributed by atoms with E-state index in [1.54, 1.807) is 54.6 Å². The molecule has 0 radical (unpaired) electrons. The van der Waals surface area contributed by atoms with Gasteiger partial charge >= 0.3 is 6.18 Å². The number of para-hydroxylation sites is 1. The van der Waals surface area contributed by atoms with E-state index in [1.807, 2.05) is 31.1 Å². The maximum absolute atomic E-state index is 13.6. The van der Waals surface area contributed by atoms with E-state index in [0.29, 0.717) is 28.0 Å². The van der Waals surface area contributed by atoms with Crippen LogP contribution >= 0.6 is 0 Å². The highest BCUT2D eigenvalue weighted by molar-refractivity contribution is 5.85. The predicted octanol–water partition coefficient (Wildman–Crippen LogP) is 6.48. The molecule has 0 fully saturated rings. The van der Waals surface area contributed by atoms with Crippen LogP contribution in [0.15, 0.2) is 101 Å². The first kappa shape index (κ1) is 28.1. The van der Waals surface area contributed by atoms with Crippen molar-refractivity contribution < 1.29 is 17.9 Å². The second kappa shape index (κ2) is 11.6. The normalized spacial score (nSPS) is 11.5. The molecule has 0 aliphatic rings. The van der Waals surface area contributed by atoms with Crippen LogP contribution in [-0.2, 0) is 12.8 Å². The number of benzene rings is 4. The summed E-state index contributed by atoms with van der Waals surface area (Å²) in [6.45, 7) is 0.106. The van der Waals surface area contributed by atoms with Gasteiger partial charge in [-0.25, -0.2) is 4.98 Å². The highest BCUT2D eigenvalue weighted by Gasteiger charge is 2.31. The summed E-state index contributed by atoms with van der Waals surface area (Å²) < 4.78 is 47.6. The molecule has 0 unspecified atom stereocenters. The van der Waals surface area contributed by atoms with E-state index in [0.717, 1.165) is 22.5 Å². The Kier molecular flexibility index (Phi) is 7.76. The predicted molar refractivity (Wildman–Crippen MR) is 156 cm³/mol. The maximum Gasteiger partial charge on any atom is 0.416 e.